The van der Waals surface area contributed by atoms with E-state index < -0.39 is 5.91 Å². The lowest BCUT2D eigenvalue weighted by Gasteiger charge is -2.03. The normalized spacial score (nSPS) is 10.8. The number of amides is 1. The van der Waals surface area contributed by atoms with E-state index in [0.717, 1.165) is 4.90 Å². The Morgan fingerprint density at radius 1 is 1.19 bits per heavy atom. The summed E-state index contributed by atoms with van der Waals surface area (Å²) in [6, 6.07) is 12.2. The van der Waals surface area contributed by atoms with Crippen LogP contribution < -0.4 is 11.4 Å². The summed E-state index contributed by atoms with van der Waals surface area (Å²) < 4.78 is 1.56. The van der Waals surface area contributed by atoms with Crippen molar-refractivity contribution in [3.05, 3.63) is 68.6 Å². The molecule has 0 spiro atoms. The zero-order chi connectivity index (χ0) is 18.7. The number of thioether (sulfide) groups is 1. The summed E-state index contributed by atoms with van der Waals surface area (Å²) >= 11 is 14.9. The van der Waals surface area contributed by atoms with E-state index in [9.17, 15) is 9.59 Å². The van der Waals surface area contributed by atoms with E-state index in [1.807, 2.05) is 24.3 Å². The molecule has 134 valence electrons. The number of nitrogens with two attached hydrogens (primary N) is 1. The highest BCUT2D eigenvalue weighted by molar-refractivity contribution is 7.99. The van der Waals surface area contributed by atoms with Crippen LogP contribution in [0.3, 0.4) is 0 Å². The quantitative estimate of drug-likeness (QED) is 0.601. The Balaban J connectivity index is 1.75. The third kappa shape index (κ3) is 4.48. The van der Waals surface area contributed by atoms with E-state index in [0.29, 0.717) is 38.5 Å². The molecule has 9 heteroatoms. The van der Waals surface area contributed by atoms with Crippen molar-refractivity contribution >= 4 is 52.4 Å². The van der Waals surface area contributed by atoms with E-state index in [4.69, 9.17) is 28.9 Å². The van der Waals surface area contributed by atoms with Crippen molar-refractivity contribution < 1.29 is 4.79 Å². The molecule has 3 aromatic rings. The molecule has 0 aliphatic heterocycles. The summed E-state index contributed by atoms with van der Waals surface area (Å²) in [5, 5.41) is 1.55. The Morgan fingerprint density at radius 2 is 1.92 bits per heavy atom. The minimum atomic E-state index is -0.561. The molecule has 26 heavy (non-hydrogen) atoms. The standard InChI is InChI=1S/C17H13Cl2N3O2S2/c18-11-2-4-12(5-3-11)25-8-7-22-17(24)21-16(26-22)13-9-10(15(20)23)1-6-14(13)19/h1-6,9H,7-8H2,(H2,20,23). The average molecular weight is 426 g/mol. The number of halogens is 2. The molecular weight excluding hydrogens is 413 g/mol. The molecule has 3 rings (SSSR count). The number of benzene rings is 2. The first-order valence-corrected chi connectivity index (χ1v) is 10.0. The molecule has 0 aliphatic rings. The van der Waals surface area contributed by atoms with Gasteiger partial charge in [0.1, 0.15) is 5.01 Å². The van der Waals surface area contributed by atoms with E-state index in [1.54, 1.807) is 27.9 Å². The highest BCUT2D eigenvalue weighted by atomic mass is 35.5. The summed E-state index contributed by atoms with van der Waals surface area (Å²) in [4.78, 5) is 28.6. The lowest BCUT2D eigenvalue weighted by atomic mass is 10.1. The third-order valence-electron chi connectivity index (χ3n) is 3.47. The fourth-order valence-electron chi connectivity index (χ4n) is 2.18. The first kappa shape index (κ1) is 19.0. The molecule has 0 unspecified atom stereocenters. The maximum Gasteiger partial charge on any atom is 0.358 e. The number of carbonyl (C=O) groups excluding carboxylic acids is 1. The van der Waals surface area contributed by atoms with Gasteiger partial charge in [-0.05, 0) is 54.0 Å². The van der Waals surface area contributed by atoms with Crippen LogP contribution in [-0.4, -0.2) is 20.6 Å². The summed E-state index contributed by atoms with van der Waals surface area (Å²) in [6.45, 7) is 0.511. The second-order valence-corrected chi connectivity index (χ2v) is 8.28. The van der Waals surface area contributed by atoms with Gasteiger partial charge in [-0.3, -0.25) is 4.79 Å². The van der Waals surface area contributed by atoms with Crippen LogP contribution in [0.25, 0.3) is 10.6 Å². The first-order valence-electron chi connectivity index (χ1n) is 7.50. The molecule has 0 fully saturated rings. The van der Waals surface area contributed by atoms with Gasteiger partial charge in [0.05, 0.1) is 5.02 Å². The van der Waals surface area contributed by atoms with Crippen molar-refractivity contribution in [3.8, 4) is 10.6 Å². The fraction of sp³-hybridized carbons (Fsp3) is 0.118. The second kappa shape index (κ2) is 8.26. The van der Waals surface area contributed by atoms with Gasteiger partial charge in [0, 0.05) is 33.3 Å². The number of aryl methyl sites for hydroxylation is 1. The molecule has 5 nitrogen and oxygen atoms in total. The van der Waals surface area contributed by atoms with Gasteiger partial charge >= 0.3 is 5.69 Å². The van der Waals surface area contributed by atoms with Gasteiger partial charge in [-0.1, -0.05) is 23.2 Å². The Bertz CT molecular complexity index is 1000. The SMILES string of the molecule is NC(=O)c1ccc(Cl)c(-c2nc(=O)n(CCSc3ccc(Cl)cc3)s2)c1. The Kier molecular flexibility index (Phi) is 6.03. The molecule has 0 saturated heterocycles. The minimum absolute atomic E-state index is 0.317. The zero-order valence-electron chi connectivity index (χ0n) is 13.3. The van der Waals surface area contributed by atoms with Crippen LogP contribution in [0.1, 0.15) is 10.4 Å². The van der Waals surface area contributed by atoms with Crippen molar-refractivity contribution in [1.29, 1.82) is 0 Å². The van der Waals surface area contributed by atoms with Crippen molar-refractivity contribution in [2.24, 2.45) is 5.73 Å². The molecule has 0 aliphatic carbocycles. The summed E-state index contributed by atoms with van der Waals surface area (Å²) in [7, 11) is 0. The molecular formula is C17H13Cl2N3O2S2. The molecule has 1 heterocycles. The number of carbonyl (C=O) groups is 1. The monoisotopic (exact) mass is 425 g/mol. The van der Waals surface area contributed by atoms with E-state index in [1.165, 1.54) is 17.6 Å². The van der Waals surface area contributed by atoms with Crippen LogP contribution in [0.2, 0.25) is 10.0 Å². The van der Waals surface area contributed by atoms with E-state index >= 15 is 0 Å². The Hall–Kier alpha value is -1.80. The average Bonchev–Trinajstić information content (AvgIpc) is 2.97. The number of primary amides is 1. The third-order valence-corrected chi connectivity index (χ3v) is 6.08. The van der Waals surface area contributed by atoms with Crippen molar-refractivity contribution in [2.45, 2.75) is 11.4 Å². The fourth-order valence-corrected chi connectivity index (χ4v) is 4.42. The lowest BCUT2D eigenvalue weighted by Crippen LogP contribution is -2.16. The molecule has 2 N–H and O–H groups in total. The van der Waals surface area contributed by atoms with Gasteiger partial charge in [0.15, 0.2) is 0 Å². The molecule has 1 aromatic heterocycles. The number of aromatic nitrogens is 2. The molecule has 0 atom stereocenters. The Labute approximate surface area is 167 Å². The predicted molar refractivity (Wildman–Crippen MR) is 108 cm³/mol. The smallest absolute Gasteiger partial charge is 0.358 e. The van der Waals surface area contributed by atoms with Crippen LogP contribution in [-0.2, 0) is 6.54 Å². The van der Waals surface area contributed by atoms with Gasteiger partial charge < -0.3 is 5.73 Å². The maximum absolute atomic E-state index is 12.1. The highest BCUT2D eigenvalue weighted by Gasteiger charge is 2.14. The van der Waals surface area contributed by atoms with Crippen LogP contribution in [0, 0.1) is 0 Å². The number of nitrogens with zero attached hydrogens (tertiary/aromatic N) is 2. The minimum Gasteiger partial charge on any atom is -0.366 e. The summed E-state index contributed by atoms with van der Waals surface area (Å²) in [6.07, 6.45) is 0. The number of rotatable bonds is 6. The topological polar surface area (TPSA) is 78.0 Å². The molecule has 1 amide bonds. The van der Waals surface area contributed by atoms with Gasteiger partial charge in [0.2, 0.25) is 5.91 Å². The number of hydrogen-bond acceptors (Lipinski definition) is 5. The molecule has 2 aromatic carbocycles. The molecule has 0 radical (unpaired) electrons. The first-order chi connectivity index (χ1) is 12.4. The maximum atomic E-state index is 12.1. The van der Waals surface area contributed by atoms with Crippen LogP contribution >= 0.6 is 46.5 Å². The van der Waals surface area contributed by atoms with Crippen molar-refractivity contribution in [1.82, 2.24) is 8.94 Å². The second-order valence-electron chi connectivity index (χ2n) is 5.25. The number of hydrogen-bond donors (Lipinski definition) is 1. The highest BCUT2D eigenvalue weighted by Crippen LogP contribution is 2.29. The van der Waals surface area contributed by atoms with Crippen LogP contribution in [0.15, 0.2) is 52.2 Å². The molecule has 0 bridgehead atoms. The van der Waals surface area contributed by atoms with E-state index in [2.05, 4.69) is 4.98 Å². The van der Waals surface area contributed by atoms with Crippen LogP contribution in [0.5, 0.6) is 0 Å². The van der Waals surface area contributed by atoms with Gasteiger partial charge in [-0.15, -0.1) is 11.8 Å². The zero-order valence-corrected chi connectivity index (χ0v) is 16.5. The van der Waals surface area contributed by atoms with Gasteiger partial charge in [-0.25, -0.2) is 8.75 Å². The summed E-state index contributed by atoms with van der Waals surface area (Å²) in [5.74, 6) is 0.146. The predicted octanol–water partition coefficient (Wildman–Crippen LogP) is 4.17. The summed E-state index contributed by atoms with van der Waals surface area (Å²) in [5.41, 5.74) is 5.79. The van der Waals surface area contributed by atoms with Crippen molar-refractivity contribution in [2.75, 3.05) is 5.75 Å². The van der Waals surface area contributed by atoms with Crippen LogP contribution in [0.4, 0.5) is 0 Å². The van der Waals surface area contributed by atoms with Crippen molar-refractivity contribution in [3.63, 3.8) is 0 Å². The lowest BCUT2D eigenvalue weighted by molar-refractivity contribution is 0.100. The van der Waals surface area contributed by atoms with Gasteiger partial charge in [0.25, 0.3) is 0 Å². The van der Waals surface area contributed by atoms with Gasteiger partial charge in [-0.2, -0.15) is 4.98 Å². The largest absolute Gasteiger partial charge is 0.366 e. The molecule has 0 saturated carbocycles. The Morgan fingerprint density at radius 3 is 2.62 bits per heavy atom. The van der Waals surface area contributed by atoms with E-state index in [-0.39, 0.29) is 5.69 Å².